The second kappa shape index (κ2) is 11.9. The van der Waals surface area contributed by atoms with E-state index >= 15 is 0 Å². The first-order valence-electron chi connectivity index (χ1n) is 7.81. The summed E-state index contributed by atoms with van der Waals surface area (Å²) in [5, 5.41) is 8.29. The van der Waals surface area contributed by atoms with E-state index in [1.165, 1.54) is 24.8 Å². The molecule has 1 aliphatic rings. The van der Waals surface area contributed by atoms with Gasteiger partial charge in [0.2, 0.25) is 0 Å². The minimum Gasteiger partial charge on any atom is -0.396 e. The van der Waals surface area contributed by atoms with E-state index in [1.54, 1.807) is 0 Å². The van der Waals surface area contributed by atoms with Crippen LogP contribution in [0.3, 0.4) is 0 Å². The molecule has 0 unspecified atom stereocenters. The SMILES string of the molecule is CCCCCCO.c1ccc(CN2CCOCC2)cc1. The molecule has 0 bridgehead atoms. The third-order valence-corrected chi connectivity index (χ3v) is 3.36. The van der Waals surface area contributed by atoms with E-state index < -0.39 is 0 Å². The van der Waals surface area contributed by atoms with Gasteiger partial charge in [-0.15, -0.1) is 0 Å². The van der Waals surface area contributed by atoms with Crippen molar-refractivity contribution in [2.45, 2.75) is 39.2 Å². The van der Waals surface area contributed by atoms with Crippen molar-refractivity contribution in [3.63, 3.8) is 0 Å². The van der Waals surface area contributed by atoms with E-state index in [0.717, 1.165) is 39.3 Å². The molecule has 1 aliphatic heterocycles. The van der Waals surface area contributed by atoms with E-state index in [-0.39, 0.29) is 0 Å². The van der Waals surface area contributed by atoms with Crippen molar-refractivity contribution in [3.8, 4) is 0 Å². The van der Waals surface area contributed by atoms with Gasteiger partial charge in [-0.1, -0.05) is 56.5 Å². The van der Waals surface area contributed by atoms with Gasteiger partial charge in [0.15, 0.2) is 0 Å². The first-order chi connectivity index (χ1) is 9.86. The molecule has 1 fully saturated rings. The molecule has 3 heteroatoms. The molecular weight excluding hydrogens is 250 g/mol. The van der Waals surface area contributed by atoms with Crippen LogP contribution in [0, 0.1) is 0 Å². The monoisotopic (exact) mass is 279 g/mol. The Kier molecular flexibility index (Phi) is 10.2. The van der Waals surface area contributed by atoms with Crippen molar-refractivity contribution >= 4 is 0 Å². The molecule has 0 saturated carbocycles. The predicted octanol–water partition coefficient (Wildman–Crippen LogP) is 3.08. The van der Waals surface area contributed by atoms with Gasteiger partial charge < -0.3 is 9.84 Å². The van der Waals surface area contributed by atoms with Crippen LogP contribution >= 0.6 is 0 Å². The summed E-state index contributed by atoms with van der Waals surface area (Å²) in [4.78, 5) is 2.43. The third-order valence-electron chi connectivity index (χ3n) is 3.36. The Morgan fingerprint density at radius 3 is 2.35 bits per heavy atom. The van der Waals surface area contributed by atoms with Crippen molar-refractivity contribution < 1.29 is 9.84 Å². The lowest BCUT2D eigenvalue weighted by atomic mass is 10.2. The molecule has 1 aromatic carbocycles. The minimum atomic E-state index is 0.361. The van der Waals surface area contributed by atoms with Crippen LogP contribution in [0.4, 0.5) is 0 Å². The van der Waals surface area contributed by atoms with Gasteiger partial charge in [-0.25, -0.2) is 0 Å². The highest BCUT2D eigenvalue weighted by molar-refractivity contribution is 5.14. The molecule has 0 aromatic heterocycles. The number of benzene rings is 1. The fourth-order valence-electron chi connectivity index (χ4n) is 2.14. The average molecular weight is 279 g/mol. The fraction of sp³-hybridized carbons (Fsp3) is 0.647. The summed E-state index contributed by atoms with van der Waals surface area (Å²) in [6.45, 7) is 7.48. The van der Waals surface area contributed by atoms with Gasteiger partial charge in [-0.05, 0) is 12.0 Å². The largest absolute Gasteiger partial charge is 0.396 e. The lowest BCUT2D eigenvalue weighted by Crippen LogP contribution is -2.35. The predicted molar refractivity (Wildman–Crippen MR) is 83.8 cm³/mol. The molecule has 20 heavy (non-hydrogen) atoms. The van der Waals surface area contributed by atoms with E-state index in [2.05, 4.69) is 42.2 Å². The summed E-state index contributed by atoms with van der Waals surface area (Å²) < 4.78 is 5.30. The highest BCUT2D eigenvalue weighted by Crippen LogP contribution is 2.05. The van der Waals surface area contributed by atoms with Crippen molar-refractivity contribution in [1.29, 1.82) is 0 Å². The third kappa shape index (κ3) is 8.31. The minimum absolute atomic E-state index is 0.361. The Morgan fingerprint density at radius 1 is 1.05 bits per heavy atom. The highest BCUT2D eigenvalue weighted by atomic mass is 16.5. The number of nitrogens with zero attached hydrogens (tertiary/aromatic N) is 1. The summed E-state index contributed by atoms with van der Waals surface area (Å²) in [6.07, 6.45) is 4.68. The van der Waals surface area contributed by atoms with Crippen molar-refractivity contribution in [1.82, 2.24) is 4.90 Å². The number of aliphatic hydroxyl groups excluding tert-OH is 1. The van der Waals surface area contributed by atoms with Gasteiger partial charge in [-0.2, -0.15) is 0 Å². The quantitative estimate of drug-likeness (QED) is 0.812. The molecule has 1 heterocycles. The fourth-order valence-corrected chi connectivity index (χ4v) is 2.14. The molecule has 1 aromatic rings. The van der Waals surface area contributed by atoms with Gasteiger partial charge in [0.1, 0.15) is 0 Å². The Balaban J connectivity index is 0.000000246. The number of hydrogen-bond acceptors (Lipinski definition) is 3. The lowest BCUT2D eigenvalue weighted by Gasteiger charge is -2.26. The van der Waals surface area contributed by atoms with Gasteiger partial charge in [0.05, 0.1) is 13.2 Å². The van der Waals surface area contributed by atoms with E-state index in [4.69, 9.17) is 9.84 Å². The van der Waals surface area contributed by atoms with Gasteiger partial charge in [-0.3, -0.25) is 4.90 Å². The second-order valence-electron chi connectivity index (χ2n) is 5.16. The zero-order chi connectivity index (χ0) is 14.5. The van der Waals surface area contributed by atoms with Crippen molar-refractivity contribution in [2.75, 3.05) is 32.9 Å². The van der Waals surface area contributed by atoms with E-state index in [1.807, 2.05) is 0 Å². The molecule has 1 saturated heterocycles. The molecule has 0 amide bonds. The topological polar surface area (TPSA) is 32.7 Å². The summed E-state index contributed by atoms with van der Waals surface area (Å²) in [6, 6.07) is 10.6. The Bertz CT molecular complexity index is 306. The standard InChI is InChI=1S/C11H15NO.C6H14O/c1-2-4-11(5-3-1)10-12-6-8-13-9-7-12;1-2-3-4-5-6-7/h1-5H,6-10H2;7H,2-6H2,1H3. The van der Waals surface area contributed by atoms with Crippen LogP contribution in [0.1, 0.15) is 38.2 Å². The Hall–Kier alpha value is -0.900. The summed E-state index contributed by atoms with van der Waals surface area (Å²) in [5.74, 6) is 0. The molecule has 2 rings (SSSR count). The molecule has 0 radical (unpaired) electrons. The van der Waals surface area contributed by atoms with Gasteiger partial charge in [0, 0.05) is 26.2 Å². The zero-order valence-electron chi connectivity index (χ0n) is 12.8. The summed E-state index contributed by atoms with van der Waals surface area (Å²) in [5.41, 5.74) is 1.39. The van der Waals surface area contributed by atoms with Crippen LogP contribution in [-0.2, 0) is 11.3 Å². The molecule has 3 nitrogen and oxygen atoms in total. The molecule has 0 spiro atoms. The van der Waals surface area contributed by atoms with Crippen molar-refractivity contribution in [2.24, 2.45) is 0 Å². The van der Waals surface area contributed by atoms with Gasteiger partial charge in [0.25, 0.3) is 0 Å². The number of unbranched alkanes of at least 4 members (excludes halogenated alkanes) is 3. The number of ether oxygens (including phenoxy) is 1. The van der Waals surface area contributed by atoms with Crippen LogP contribution < -0.4 is 0 Å². The van der Waals surface area contributed by atoms with E-state index in [0.29, 0.717) is 6.61 Å². The molecule has 0 aliphatic carbocycles. The maximum atomic E-state index is 8.29. The number of morpholine rings is 1. The normalized spacial score (nSPS) is 15.5. The first kappa shape index (κ1) is 17.2. The first-order valence-corrected chi connectivity index (χ1v) is 7.81. The molecule has 114 valence electrons. The Morgan fingerprint density at radius 2 is 1.75 bits per heavy atom. The molecule has 1 N–H and O–H groups in total. The smallest absolute Gasteiger partial charge is 0.0594 e. The van der Waals surface area contributed by atoms with Crippen LogP contribution in [0.15, 0.2) is 30.3 Å². The molecular formula is C17H29NO2. The number of hydrogen-bond donors (Lipinski definition) is 1. The maximum absolute atomic E-state index is 8.29. The number of aliphatic hydroxyl groups is 1. The lowest BCUT2D eigenvalue weighted by molar-refractivity contribution is 0.0342. The van der Waals surface area contributed by atoms with E-state index in [9.17, 15) is 0 Å². The average Bonchev–Trinajstić information content (AvgIpc) is 2.51. The van der Waals surface area contributed by atoms with Crippen LogP contribution in [0.5, 0.6) is 0 Å². The summed E-state index contributed by atoms with van der Waals surface area (Å²) in [7, 11) is 0. The summed E-state index contributed by atoms with van der Waals surface area (Å²) >= 11 is 0. The Labute approximate surface area is 123 Å². The van der Waals surface area contributed by atoms with Gasteiger partial charge >= 0.3 is 0 Å². The highest BCUT2D eigenvalue weighted by Gasteiger charge is 2.09. The second-order valence-corrected chi connectivity index (χ2v) is 5.16. The zero-order valence-corrected chi connectivity index (χ0v) is 12.8. The van der Waals surface area contributed by atoms with Crippen LogP contribution in [0.2, 0.25) is 0 Å². The number of rotatable bonds is 6. The maximum Gasteiger partial charge on any atom is 0.0594 e. The van der Waals surface area contributed by atoms with Crippen LogP contribution in [0.25, 0.3) is 0 Å². The van der Waals surface area contributed by atoms with Crippen molar-refractivity contribution in [3.05, 3.63) is 35.9 Å². The van der Waals surface area contributed by atoms with Crippen LogP contribution in [-0.4, -0.2) is 42.9 Å². The molecule has 0 atom stereocenters.